The minimum Gasteiger partial charge on any atom is -0.441 e. The van der Waals surface area contributed by atoms with Crippen molar-refractivity contribution in [1.29, 1.82) is 0 Å². The summed E-state index contributed by atoms with van der Waals surface area (Å²) in [6.45, 7) is 3.86. The molecule has 4 N–H and O–H groups in total. The Kier molecular flexibility index (Phi) is 3.94. The first-order chi connectivity index (χ1) is 12.5. The van der Waals surface area contributed by atoms with E-state index in [4.69, 9.17) is 20.9 Å². The number of nitrogens with zero attached hydrogens (tertiary/aromatic N) is 4. The van der Waals surface area contributed by atoms with Gasteiger partial charge in [0.2, 0.25) is 17.8 Å². The Labute approximate surface area is 152 Å². The van der Waals surface area contributed by atoms with E-state index in [1.54, 1.807) is 0 Å². The number of aromatic nitrogens is 1. The second kappa shape index (κ2) is 6.16. The lowest BCUT2D eigenvalue weighted by molar-refractivity contribution is 0.305. The normalized spacial score (nSPS) is 19.4. The van der Waals surface area contributed by atoms with Crippen LogP contribution in [-0.2, 0) is 0 Å². The standard InChI is InChI=1S/C19H24N6O/c1-12-13(2)26-16(22-12)14-8-4-5-9-15(14)25-18(21)23-17(20)24-19(25)10-6-3-7-11-19/h4-5,8-9H,3,6-7,10-11H2,1-2H3,(H4,20,21,23,24). The molecule has 7 heteroatoms. The maximum absolute atomic E-state index is 6.35. The molecule has 2 aromatic rings. The second-order valence-electron chi connectivity index (χ2n) is 7.00. The Morgan fingerprint density at radius 2 is 1.81 bits per heavy atom. The predicted molar refractivity (Wildman–Crippen MR) is 103 cm³/mol. The zero-order valence-corrected chi connectivity index (χ0v) is 15.2. The maximum Gasteiger partial charge on any atom is 0.228 e. The maximum atomic E-state index is 6.35. The quantitative estimate of drug-likeness (QED) is 0.864. The summed E-state index contributed by atoms with van der Waals surface area (Å²) in [5.74, 6) is 2.01. The number of benzene rings is 1. The van der Waals surface area contributed by atoms with Crippen LogP contribution in [0.2, 0.25) is 0 Å². The topological polar surface area (TPSA) is 106 Å². The van der Waals surface area contributed by atoms with Crippen molar-refractivity contribution in [2.75, 3.05) is 4.90 Å². The monoisotopic (exact) mass is 352 g/mol. The highest BCUT2D eigenvalue weighted by Gasteiger charge is 2.43. The van der Waals surface area contributed by atoms with Crippen molar-refractivity contribution in [3.05, 3.63) is 35.7 Å². The van der Waals surface area contributed by atoms with E-state index >= 15 is 0 Å². The van der Waals surface area contributed by atoms with Crippen molar-refractivity contribution >= 4 is 17.6 Å². The van der Waals surface area contributed by atoms with Gasteiger partial charge in [0.1, 0.15) is 11.4 Å². The molecule has 1 aromatic heterocycles. The van der Waals surface area contributed by atoms with Gasteiger partial charge in [0, 0.05) is 0 Å². The van der Waals surface area contributed by atoms with E-state index in [-0.39, 0.29) is 5.96 Å². The Balaban J connectivity index is 1.87. The van der Waals surface area contributed by atoms with E-state index in [0.29, 0.717) is 11.9 Å². The van der Waals surface area contributed by atoms with Crippen molar-refractivity contribution < 1.29 is 4.42 Å². The number of hydrogen-bond acceptors (Lipinski definition) is 7. The molecule has 1 spiro atoms. The first-order valence-corrected chi connectivity index (χ1v) is 9.03. The Bertz CT molecular complexity index is 872. The Morgan fingerprint density at radius 3 is 2.50 bits per heavy atom. The number of aliphatic imine (C=N–C) groups is 2. The molecule has 7 nitrogen and oxygen atoms in total. The van der Waals surface area contributed by atoms with Gasteiger partial charge in [-0.3, -0.25) is 4.90 Å². The van der Waals surface area contributed by atoms with Crippen molar-refractivity contribution in [3.63, 3.8) is 0 Å². The number of guanidine groups is 2. The first kappa shape index (κ1) is 16.6. The van der Waals surface area contributed by atoms with Gasteiger partial charge in [0.05, 0.1) is 16.9 Å². The third-order valence-electron chi connectivity index (χ3n) is 5.26. The molecule has 0 atom stereocenters. The number of hydrogen-bond donors (Lipinski definition) is 2. The average Bonchev–Trinajstić information content (AvgIpc) is 2.94. The highest BCUT2D eigenvalue weighted by molar-refractivity contribution is 6.07. The van der Waals surface area contributed by atoms with Gasteiger partial charge in [0.15, 0.2) is 0 Å². The zero-order valence-electron chi connectivity index (χ0n) is 15.2. The van der Waals surface area contributed by atoms with Gasteiger partial charge in [-0.2, -0.15) is 4.99 Å². The van der Waals surface area contributed by atoms with Crippen molar-refractivity contribution in [2.24, 2.45) is 21.5 Å². The molecule has 0 saturated heterocycles. The number of anilines is 1. The van der Waals surface area contributed by atoms with Gasteiger partial charge in [-0.05, 0) is 51.7 Å². The number of aryl methyl sites for hydroxylation is 2. The van der Waals surface area contributed by atoms with Crippen LogP contribution in [0.25, 0.3) is 11.5 Å². The molecule has 0 radical (unpaired) electrons. The molecule has 2 heterocycles. The largest absolute Gasteiger partial charge is 0.441 e. The third-order valence-corrected chi connectivity index (χ3v) is 5.26. The fraction of sp³-hybridized carbons (Fsp3) is 0.421. The average molecular weight is 352 g/mol. The van der Waals surface area contributed by atoms with Crippen LogP contribution in [0.1, 0.15) is 43.6 Å². The molecular weight excluding hydrogens is 328 g/mol. The summed E-state index contributed by atoms with van der Waals surface area (Å²) in [5, 5.41) is 0. The smallest absolute Gasteiger partial charge is 0.228 e. The molecule has 1 aliphatic heterocycles. The van der Waals surface area contributed by atoms with Gasteiger partial charge in [-0.1, -0.05) is 18.6 Å². The summed E-state index contributed by atoms with van der Waals surface area (Å²) in [6.07, 6.45) is 5.14. The van der Waals surface area contributed by atoms with Crippen LogP contribution in [-0.4, -0.2) is 22.6 Å². The summed E-state index contributed by atoms with van der Waals surface area (Å²) < 4.78 is 5.88. The fourth-order valence-corrected chi connectivity index (χ4v) is 3.91. The van der Waals surface area contributed by atoms with Gasteiger partial charge < -0.3 is 15.9 Å². The summed E-state index contributed by atoms with van der Waals surface area (Å²) in [5.41, 5.74) is 14.5. The van der Waals surface area contributed by atoms with Crippen molar-refractivity contribution in [2.45, 2.75) is 51.6 Å². The highest BCUT2D eigenvalue weighted by atomic mass is 16.4. The van der Waals surface area contributed by atoms with Gasteiger partial charge >= 0.3 is 0 Å². The lowest BCUT2D eigenvalue weighted by Gasteiger charge is -2.46. The van der Waals surface area contributed by atoms with E-state index in [9.17, 15) is 0 Å². The molecule has 2 aliphatic rings. The predicted octanol–water partition coefficient (Wildman–Crippen LogP) is 3.07. The minimum atomic E-state index is -0.485. The van der Waals surface area contributed by atoms with Gasteiger partial charge in [0.25, 0.3) is 0 Å². The highest BCUT2D eigenvalue weighted by Crippen LogP contribution is 2.42. The summed E-state index contributed by atoms with van der Waals surface area (Å²) in [7, 11) is 0. The number of nitrogens with two attached hydrogens (primary N) is 2. The van der Waals surface area contributed by atoms with Crippen LogP contribution in [0.3, 0.4) is 0 Å². The lowest BCUT2D eigenvalue weighted by Crippen LogP contribution is -2.58. The van der Waals surface area contributed by atoms with Crippen molar-refractivity contribution in [1.82, 2.24) is 4.98 Å². The number of para-hydroxylation sites is 1. The van der Waals surface area contributed by atoms with Crippen LogP contribution in [0.15, 0.2) is 38.7 Å². The zero-order chi connectivity index (χ0) is 18.3. The minimum absolute atomic E-state index is 0.251. The summed E-state index contributed by atoms with van der Waals surface area (Å²) in [4.78, 5) is 15.6. The lowest BCUT2D eigenvalue weighted by atomic mass is 9.87. The molecular formula is C19H24N6O. The van der Waals surface area contributed by atoms with E-state index < -0.39 is 5.66 Å². The molecule has 1 aromatic carbocycles. The number of oxazole rings is 1. The van der Waals surface area contributed by atoms with E-state index in [1.807, 2.05) is 43.0 Å². The SMILES string of the molecule is Cc1nc(-c2ccccc2N2C(N)=NC(N)=NC23CCCCC3)oc1C. The molecule has 0 bridgehead atoms. The Morgan fingerprint density at radius 1 is 1.08 bits per heavy atom. The molecule has 1 aliphatic carbocycles. The van der Waals surface area contributed by atoms with E-state index in [1.165, 1.54) is 6.42 Å². The summed E-state index contributed by atoms with van der Waals surface area (Å²) >= 11 is 0. The third kappa shape index (κ3) is 2.64. The van der Waals surface area contributed by atoms with Gasteiger partial charge in [-0.15, -0.1) is 0 Å². The molecule has 4 rings (SSSR count). The molecule has 136 valence electrons. The first-order valence-electron chi connectivity index (χ1n) is 9.03. The molecule has 1 fully saturated rings. The van der Waals surface area contributed by atoms with Crippen molar-refractivity contribution in [3.8, 4) is 11.5 Å². The van der Waals surface area contributed by atoms with Crippen LogP contribution >= 0.6 is 0 Å². The van der Waals surface area contributed by atoms with Crippen LogP contribution < -0.4 is 16.4 Å². The molecule has 0 unspecified atom stereocenters. The van der Waals surface area contributed by atoms with Crippen LogP contribution in [0.5, 0.6) is 0 Å². The molecule has 26 heavy (non-hydrogen) atoms. The van der Waals surface area contributed by atoms with Crippen LogP contribution in [0, 0.1) is 13.8 Å². The van der Waals surface area contributed by atoms with Crippen LogP contribution in [0.4, 0.5) is 5.69 Å². The van der Waals surface area contributed by atoms with E-state index in [0.717, 1.165) is 48.4 Å². The Hall–Kier alpha value is -2.83. The fourth-order valence-electron chi connectivity index (χ4n) is 3.91. The van der Waals surface area contributed by atoms with Gasteiger partial charge in [-0.25, -0.2) is 9.98 Å². The molecule has 1 saturated carbocycles. The van der Waals surface area contributed by atoms with E-state index in [2.05, 4.69) is 9.98 Å². The number of rotatable bonds is 2. The molecule has 0 amide bonds. The summed E-state index contributed by atoms with van der Waals surface area (Å²) in [6, 6.07) is 7.95. The second-order valence-corrected chi connectivity index (χ2v) is 7.00.